The van der Waals surface area contributed by atoms with Crippen LogP contribution >= 0.6 is 0 Å². The van der Waals surface area contributed by atoms with Crippen molar-refractivity contribution >= 4 is 0 Å². The van der Waals surface area contributed by atoms with Crippen LogP contribution in [0.25, 0.3) is 22.9 Å². The number of hydrogen-bond donors (Lipinski definition) is 2. The van der Waals surface area contributed by atoms with Crippen LogP contribution in [0.15, 0.2) is 18.3 Å². The zero-order chi connectivity index (χ0) is 18.5. The van der Waals surface area contributed by atoms with Gasteiger partial charge in [-0.15, -0.1) is 0 Å². The van der Waals surface area contributed by atoms with Crippen LogP contribution in [-0.2, 0) is 17.3 Å². The molecular weight excluding hydrogens is 324 g/mol. The number of nitrogens with one attached hydrogen (secondary N) is 2. The van der Waals surface area contributed by atoms with Crippen molar-refractivity contribution in [2.75, 3.05) is 0 Å². The lowest BCUT2D eigenvalue weighted by atomic mass is 9.76. The van der Waals surface area contributed by atoms with Crippen LogP contribution in [0.3, 0.4) is 0 Å². The average Bonchev–Trinajstić information content (AvgIpc) is 3.22. The molecular formula is C20H26N6. The second kappa shape index (κ2) is 5.76. The first kappa shape index (κ1) is 16.9. The predicted molar refractivity (Wildman–Crippen MR) is 102 cm³/mol. The van der Waals surface area contributed by atoms with Crippen LogP contribution in [0.5, 0.6) is 0 Å². The van der Waals surface area contributed by atoms with Gasteiger partial charge in [-0.05, 0) is 31.4 Å². The molecule has 136 valence electrons. The van der Waals surface area contributed by atoms with Gasteiger partial charge in [-0.2, -0.15) is 10.2 Å². The smallest absolute Gasteiger partial charge is 0.180 e. The molecule has 0 radical (unpaired) electrons. The van der Waals surface area contributed by atoms with Gasteiger partial charge in [0.05, 0.1) is 5.69 Å². The Kier molecular flexibility index (Phi) is 3.75. The molecule has 0 saturated heterocycles. The summed E-state index contributed by atoms with van der Waals surface area (Å²) in [5.41, 5.74) is 6.32. The first-order valence-electron chi connectivity index (χ1n) is 9.23. The van der Waals surface area contributed by atoms with Gasteiger partial charge in [0, 0.05) is 34.0 Å². The Morgan fingerprint density at radius 1 is 1.08 bits per heavy atom. The maximum Gasteiger partial charge on any atom is 0.180 e. The molecule has 0 saturated carbocycles. The number of hydrogen-bond acceptors (Lipinski definition) is 4. The van der Waals surface area contributed by atoms with E-state index in [1.165, 1.54) is 24.1 Å². The summed E-state index contributed by atoms with van der Waals surface area (Å²) < 4.78 is 0. The fourth-order valence-electron chi connectivity index (χ4n) is 3.65. The number of fused-ring (bicyclic) bond motifs is 1. The van der Waals surface area contributed by atoms with Gasteiger partial charge in [-0.1, -0.05) is 34.6 Å². The molecule has 0 fully saturated rings. The van der Waals surface area contributed by atoms with Crippen LogP contribution < -0.4 is 0 Å². The summed E-state index contributed by atoms with van der Waals surface area (Å²) >= 11 is 0. The van der Waals surface area contributed by atoms with Gasteiger partial charge in [-0.25, -0.2) is 9.97 Å². The number of nitrogens with zero attached hydrogens (tertiary/aromatic N) is 4. The minimum Gasteiger partial charge on any atom is -0.281 e. The second-order valence-electron chi connectivity index (χ2n) is 8.85. The van der Waals surface area contributed by atoms with Crippen molar-refractivity contribution in [3.8, 4) is 22.9 Å². The highest BCUT2D eigenvalue weighted by Gasteiger charge is 2.32. The van der Waals surface area contributed by atoms with Crippen molar-refractivity contribution in [2.45, 2.75) is 64.7 Å². The van der Waals surface area contributed by atoms with Gasteiger partial charge in [0.1, 0.15) is 11.4 Å². The van der Waals surface area contributed by atoms with Gasteiger partial charge in [0.2, 0.25) is 0 Å². The molecule has 0 bridgehead atoms. The molecule has 0 spiro atoms. The van der Waals surface area contributed by atoms with Gasteiger partial charge in [0.15, 0.2) is 5.82 Å². The molecule has 1 aliphatic carbocycles. The number of H-pyrrole nitrogens is 2. The van der Waals surface area contributed by atoms with E-state index in [1.54, 1.807) is 6.20 Å². The maximum atomic E-state index is 4.76. The van der Waals surface area contributed by atoms with E-state index in [9.17, 15) is 0 Å². The van der Waals surface area contributed by atoms with Crippen LogP contribution in [0, 0.1) is 0 Å². The molecule has 3 heterocycles. The van der Waals surface area contributed by atoms with Crippen molar-refractivity contribution in [3.05, 3.63) is 35.3 Å². The largest absolute Gasteiger partial charge is 0.281 e. The third-order valence-electron chi connectivity index (χ3n) is 5.29. The predicted octanol–water partition coefficient (Wildman–Crippen LogP) is 4.17. The molecule has 0 unspecified atom stereocenters. The van der Waals surface area contributed by atoms with Gasteiger partial charge in [0.25, 0.3) is 0 Å². The van der Waals surface area contributed by atoms with Crippen molar-refractivity contribution in [1.82, 2.24) is 30.4 Å². The Morgan fingerprint density at radius 2 is 1.88 bits per heavy atom. The molecule has 0 aromatic carbocycles. The summed E-state index contributed by atoms with van der Waals surface area (Å²) in [6.07, 6.45) is 5.19. The highest BCUT2D eigenvalue weighted by atomic mass is 15.2. The summed E-state index contributed by atoms with van der Waals surface area (Å²) in [5.74, 6) is 0.626. The van der Waals surface area contributed by atoms with Gasteiger partial charge in [-0.3, -0.25) is 10.2 Å². The van der Waals surface area contributed by atoms with E-state index in [0.717, 1.165) is 29.2 Å². The molecule has 3 aromatic heterocycles. The SMILES string of the molecule is CC(C)(C)c1cc(-c2nccc(-c3n[nH]c4c3CCCC4(C)C)n2)n[nH]1. The van der Waals surface area contributed by atoms with Crippen molar-refractivity contribution < 1.29 is 0 Å². The van der Waals surface area contributed by atoms with Gasteiger partial charge < -0.3 is 0 Å². The molecule has 1 aliphatic rings. The Labute approximate surface area is 153 Å². The normalized spacial score (nSPS) is 16.5. The third-order valence-corrected chi connectivity index (χ3v) is 5.29. The topological polar surface area (TPSA) is 83.1 Å². The lowest BCUT2D eigenvalue weighted by Crippen LogP contribution is -2.23. The number of rotatable bonds is 2. The summed E-state index contributed by atoms with van der Waals surface area (Å²) in [5, 5.41) is 15.4. The Morgan fingerprint density at radius 3 is 2.62 bits per heavy atom. The van der Waals surface area contributed by atoms with E-state index in [0.29, 0.717) is 5.82 Å². The average molecular weight is 350 g/mol. The summed E-state index contributed by atoms with van der Waals surface area (Å²) in [7, 11) is 0. The van der Waals surface area contributed by atoms with Crippen LogP contribution in [0.1, 0.15) is 64.4 Å². The highest BCUT2D eigenvalue weighted by Crippen LogP contribution is 2.39. The fraction of sp³-hybridized carbons (Fsp3) is 0.500. The quantitative estimate of drug-likeness (QED) is 0.726. The maximum absolute atomic E-state index is 4.76. The summed E-state index contributed by atoms with van der Waals surface area (Å²) in [4.78, 5) is 9.18. The Hall–Kier alpha value is -2.50. The summed E-state index contributed by atoms with van der Waals surface area (Å²) in [6.45, 7) is 11.0. The number of aromatic nitrogens is 6. The standard InChI is InChI=1S/C20H26N6/c1-19(2,3)15-11-14(23-24-15)18-21-10-8-13(22-18)16-12-7-6-9-20(4,5)17(12)26-25-16/h8,10-11H,6-7,9H2,1-5H3,(H,23,24)(H,25,26). The lowest BCUT2D eigenvalue weighted by molar-refractivity contribution is 0.420. The van der Waals surface area contributed by atoms with E-state index in [-0.39, 0.29) is 10.8 Å². The Balaban J connectivity index is 1.74. The molecule has 4 rings (SSSR count). The van der Waals surface area contributed by atoms with E-state index in [2.05, 4.69) is 60.0 Å². The number of aromatic amines is 2. The summed E-state index contributed by atoms with van der Waals surface area (Å²) in [6, 6.07) is 3.96. The zero-order valence-electron chi connectivity index (χ0n) is 16.1. The molecule has 0 aliphatic heterocycles. The fourth-order valence-corrected chi connectivity index (χ4v) is 3.65. The van der Waals surface area contributed by atoms with Crippen LogP contribution in [-0.4, -0.2) is 30.4 Å². The van der Waals surface area contributed by atoms with Gasteiger partial charge >= 0.3 is 0 Å². The van der Waals surface area contributed by atoms with E-state index >= 15 is 0 Å². The molecule has 2 N–H and O–H groups in total. The minimum absolute atomic E-state index is 0.00963. The molecule has 0 amide bonds. The first-order chi connectivity index (χ1) is 12.3. The van der Waals surface area contributed by atoms with Crippen molar-refractivity contribution in [1.29, 1.82) is 0 Å². The van der Waals surface area contributed by atoms with E-state index < -0.39 is 0 Å². The highest BCUT2D eigenvalue weighted by molar-refractivity contribution is 5.63. The van der Waals surface area contributed by atoms with Crippen LogP contribution in [0.4, 0.5) is 0 Å². The second-order valence-corrected chi connectivity index (χ2v) is 8.85. The molecule has 6 nitrogen and oxygen atoms in total. The zero-order valence-corrected chi connectivity index (χ0v) is 16.1. The molecule has 26 heavy (non-hydrogen) atoms. The Bertz CT molecular complexity index is 941. The van der Waals surface area contributed by atoms with E-state index in [1.807, 2.05) is 12.1 Å². The first-order valence-corrected chi connectivity index (χ1v) is 9.23. The molecule has 6 heteroatoms. The molecule has 0 atom stereocenters. The monoisotopic (exact) mass is 350 g/mol. The van der Waals surface area contributed by atoms with Crippen LogP contribution in [0.2, 0.25) is 0 Å². The lowest BCUT2D eigenvalue weighted by Gasteiger charge is -2.29. The molecule has 3 aromatic rings. The minimum atomic E-state index is 0.00963. The third kappa shape index (κ3) is 2.83. The van der Waals surface area contributed by atoms with E-state index in [4.69, 9.17) is 4.98 Å². The van der Waals surface area contributed by atoms with Crippen molar-refractivity contribution in [3.63, 3.8) is 0 Å². The van der Waals surface area contributed by atoms with Crippen molar-refractivity contribution in [2.24, 2.45) is 0 Å².